The minimum absolute atomic E-state index is 0.264. The van der Waals surface area contributed by atoms with E-state index in [1.54, 1.807) is 16.6 Å². The number of anilines is 1. The largest absolute Gasteiger partial charge is 0.486 e. The Labute approximate surface area is 161 Å². The fourth-order valence-electron chi connectivity index (χ4n) is 3.01. The first-order valence-corrected chi connectivity index (χ1v) is 9.24. The average Bonchev–Trinajstić information content (AvgIpc) is 3.15. The van der Waals surface area contributed by atoms with Crippen LogP contribution in [0.2, 0.25) is 5.02 Å². The van der Waals surface area contributed by atoms with Gasteiger partial charge in [0.2, 0.25) is 0 Å². The molecule has 0 saturated heterocycles. The number of hydrogen-bond acceptors (Lipinski definition) is 7. The third-order valence-electron chi connectivity index (χ3n) is 4.29. The standard InChI is InChI=1S/C18H20ClN5O3/c1-2-3-12-8-16(24-18(23-12)21-10-22-24)20-9-14(25)11-6-13(19)17-15(7-11)26-4-5-27-17/h6-8,10,14,20,25H,2-5,9H2,1H3/t14-/m0/s1. The molecule has 1 aliphatic rings. The molecule has 8 nitrogen and oxygen atoms in total. The summed E-state index contributed by atoms with van der Waals surface area (Å²) >= 11 is 6.26. The van der Waals surface area contributed by atoms with Crippen molar-refractivity contribution in [3.8, 4) is 11.5 Å². The molecule has 1 atom stereocenters. The maximum Gasteiger partial charge on any atom is 0.254 e. The number of aryl methyl sites for hydroxylation is 1. The van der Waals surface area contributed by atoms with Gasteiger partial charge in [0.05, 0.1) is 11.1 Å². The zero-order valence-corrected chi connectivity index (χ0v) is 15.6. The molecule has 0 fully saturated rings. The minimum atomic E-state index is -0.792. The van der Waals surface area contributed by atoms with Gasteiger partial charge < -0.3 is 19.9 Å². The second kappa shape index (κ2) is 7.58. The van der Waals surface area contributed by atoms with Crippen molar-refractivity contribution in [2.75, 3.05) is 25.1 Å². The van der Waals surface area contributed by atoms with E-state index in [1.807, 2.05) is 6.07 Å². The highest BCUT2D eigenvalue weighted by Gasteiger charge is 2.20. The maximum absolute atomic E-state index is 10.6. The molecule has 0 bridgehead atoms. The molecule has 142 valence electrons. The van der Waals surface area contributed by atoms with Gasteiger partial charge in [-0.3, -0.25) is 0 Å². The van der Waals surface area contributed by atoms with E-state index in [1.165, 1.54) is 6.33 Å². The number of ether oxygens (including phenoxy) is 2. The van der Waals surface area contributed by atoms with Gasteiger partial charge in [0, 0.05) is 18.3 Å². The van der Waals surface area contributed by atoms with Crippen LogP contribution in [-0.4, -0.2) is 44.4 Å². The molecule has 27 heavy (non-hydrogen) atoms. The number of fused-ring (bicyclic) bond motifs is 2. The zero-order valence-electron chi connectivity index (χ0n) is 14.9. The summed E-state index contributed by atoms with van der Waals surface area (Å²) in [6.07, 6.45) is 2.49. The average molecular weight is 390 g/mol. The predicted octanol–water partition coefficient (Wildman–Crippen LogP) is 2.65. The van der Waals surface area contributed by atoms with Crippen LogP contribution in [0.1, 0.15) is 30.7 Å². The Bertz CT molecular complexity index is 962. The fraction of sp³-hybridized carbons (Fsp3) is 0.389. The lowest BCUT2D eigenvalue weighted by Gasteiger charge is -2.22. The second-order valence-corrected chi connectivity index (χ2v) is 6.69. The van der Waals surface area contributed by atoms with Crippen LogP contribution >= 0.6 is 11.6 Å². The molecular formula is C18H20ClN5O3. The number of benzene rings is 1. The summed E-state index contributed by atoms with van der Waals surface area (Å²) in [6.45, 7) is 3.29. The molecule has 1 aromatic carbocycles. The molecular weight excluding hydrogens is 370 g/mol. The van der Waals surface area contributed by atoms with Crippen molar-refractivity contribution in [3.05, 3.63) is 40.8 Å². The monoisotopic (exact) mass is 389 g/mol. The van der Waals surface area contributed by atoms with Crippen molar-refractivity contribution in [2.24, 2.45) is 0 Å². The van der Waals surface area contributed by atoms with Gasteiger partial charge in [-0.2, -0.15) is 14.6 Å². The lowest BCUT2D eigenvalue weighted by Crippen LogP contribution is -2.18. The third kappa shape index (κ3) is 3.63. The second-order valence-electron chi connectivity index (χ2n) is 6.28. The predicted molar refractivity (Wildman–Crippen MR) is 101 cm³/mol. The highest BCUT2D eigenvalue weighted by atomic mass is 35.5. The smallest absolute Gasteiger partial charge is 0.254 e. The van der Waals surface area contributed by atoms with Crippen molar-refractivity contribution < 1.29 is 14.6 Å². The van der Waals surface area contributed by atoms with Gasteiger partial charge in [0.15, 0.2) is 11.5 Å². The molecule has 3 aromatic rings. The van der Waals surface area contributed by atoms with Crippen LogP contribution < -0.4 is 14.8 Å². The molecule has 0 radical (unpaired) electrons. The van der Waals surface area contributed by atoms with E-state index in [-0.39, 0.29) is 6.54 Å². The zero-order chi connectivity index (χ0) is 18.8. The van der Waals surface area contributed by atoms with E-state index >= 15 is 0 Å². The van der Waals surface area contributed by atoms with Gasteiger partial charge in [-0.1, -0.05) is 24.9 Å². The summed E-state index contributed by atoms with van der Waals surface area (Å²) in [6, 6.07) is 5.38. The number of halogens is 1. The summed E-state index contributed by atoms with van der Waals surface area (Å²) in [5.41, 5.74) is 1.58. The first-order valence-electron chi connectivity index (χ1n) is 8.86. The van der Waals surface area contributed by atoms with E-state index in [0.717, 1.165) is 24.4 Å². The third-order valence-corrected chi connectivity index (χ3v) is 4.57. The van der Waals surface area contributed by atoms with Gasteiger partial charge in [-0.05, 0) is 24.1 Å². The summed E-state index contributed by atoms with van der Waals surface area (Å²) < 4.78 is 12.7. The Morgan fingerprint density at radius 3 is 3.00 bits per heavy atom. The summed E-state index contributed by atoms with van der Waals surface area (Å²) in [5, 5.41) is 18.5. The van der Waals surface area contributed by atoms with Crippen molar-refractivity contribution >= 4 is 23.2 Å². The van der Waals surface area contributed by atoms with E-state index in [4.69, 9.17) is 21.1 Å². The molecule has 0 aliphatic carbocycles. The number of aliphatic hydroxyl groups excluding tert-OH is 1. The molecule has 0 unspecified atom stereocenters. The number of rotatable bonds is 6. The quantitative estimate of drug-likeness (QED) is 0.669. The van der Waals surface area contributed by atoms with Crippen molar-refractivity contribution in [2.45, 2.75) is 25.9 Å². The normalized spacial score (nSPS) is 14.3. The molecule has 0 amide bonds. The molecule has 9 heteroatoms. The van der Waals surface area contributed by atoms with Crippen LogP contribution in [0.4, 0.5) is 5.82 Å². The van der Waals surface area contributed by atoms with Crippen molar-refractivity contribution in [3.63, 3.8) is 0 Å². The molecule has 4 rings (SSSR count). The van der Waals surface area contributed by atoms with Gasteiger partial charge >= 0.3 is 0 Å². The van der Waals surface area contributed by atoms with E-state index in [9.17, 15) is 5.11 Å². The number of aliphatic hydroxyl groups is 1. The Morgan fingerprint density at radius 2 is 2.15 bits per heavy atom. The lowest BCUT2D eigenvalue weighted by atomic mass is 10.1. The van der Waals surface area contributed by atoms with Crippen LogP contribution in [0.25, 0.3) is 5.78 Å². The highest BCUT2D eigenvalue weighted by Crippen LogP contribution is 2.39. The lowest BCUT2D eigenvalue weighted by molar-refractivity contribution is 0.167. The van der Waals surface area contributed by atoms with Crippen molar-refractivity contribution in [1.29, 1.82) is 0 Å². The summed E-state index contributed by atoms with van der Waals surface area (Å²) in [5.74, 6) is 2.33. The molecule has 2 N–H and O–H groups in total. The van der Waals surface area contributed by atoms with Crippen LogP contribution in [0, 0.1) is 0 Å². The Kier molecular flexibility index (Phi) is 5.00. The maximum atomic E-state index is 10.6. The molecule has 1 aliphatic heterocycles. The minimum Gasteiger partial charge on any atom is -0.486 e. The van der Waals surface area contributed by atoms with Gasteiger partial charge in [-0.25, -0.2) is 4.98 Å². The number of nitrogens with one attached hydrogen (secondary N) is 1. The first kappa shape index (κ1) is 17.8. The Balaban J connectivity index is 1.54. The topological polar surface area (TPSA) is 93.8 Å². The fourth-order valence-corrected chi connectivity index (χ4v) is 3.29. The SMILES string of the molecule is CCCc1cc(NC[C@H](O)c2cc(Cl)c3c(c2)OCCO3)n2ncnc2n1. The van der Waals surface area contributed by atoms with Crippen molar-refractivity contribution in [1.82, 2.24) is 19.6 Å². The van der Waals surface area contributed by atoms with E-state index < -0.39 is 6.10 Å². The van der Waals surface area contributed by atoms with Crippen LogP contribution in [0.5, 0.6) is 11.5 Å². The summed E-state index contributed by atoms with van der Waals surface area (Å²) in [4.78, 5) is 8.63. The van der Waals surface area contributed by atoms with Gasteiger partial charge in [0.1, 0.15) is 25.4 Å². The van der Waals surface area contributed by atoms with E-state index in [0.29, 0.717) is 41.1 Å². The number of aromatic nitrogens is 4. The number of hydrogen-bond donors (Lipinski definition) is 2. The van der Waals surface area contributed by atoms with Crippen LogP contribution in [0.3, 0.4) is 0 Å². The highest BCUT2D eigenvalue weighted by molar-refractivity contribution is 6.32. The molecule has 2 aromatic heterocycles. The van der Waals surface area contributed by atoms with Crippen LogP contribution in [-0.2, 0) is 6.42 Å². The Hall–Kier alpha value is -2.58. The van der Waals surface area contributed by atoms with E-state index in [2.05, 4.69) is 27.3 Å². The molecule has 0 spiro atoms. The van der Waals surface area contributed by atoms with Gasteiger partial charge in [0.25, 0.3) is 5.78 Å². The molecule has 0 saturated carbocycles. The first-order chi connectivity index (χ1) is 13.2. The molecule has 3 heterocycles. The van der Waals surface area contributed by atoms with Gasteiger partial charge in [-0.15, -0.1) is 0 Å². The van der Waals surface area contributed by atoms with Crippen LogP contribution in [0.15, 0.2) is 24.5 Å². The Morgan fingerprint density at radius 1 is 1.30 bits per heavy atom. The summed E-state index contributed by atoms with van der Waals surface area (Å²) in [7, 11) is 0. The number of nitrogens with zero attached hydrogens (tertiary/aromatic N) is 4.